The fraction of sp³-hybridized carbons (Fsp3) is 0.308. The Morgan fingerprint density at radius 1 is 1.30 bits per heavy atom. The Bertz CT molecular complexity index is 702. The van der Waals surface area contributed by atoms with E-state index >= 15 is 0 Å². The Morgan fingerprint density at radius 2 is 2.20 bits per heavy atom. The molecular formula is C13H12N4OS2. The zero-order chi connectivity index (χ0) is 13.4. The van der Waals surface area contributed by atoms with Crippen molar-refractivity contribution in [2.24, 2.45) is 0 Å². The van der Waals surface area contributed by atoms with Gasteiger partial charge in [-0.05, 0) is 25.0 Å². The van der Waals surface area contributed by atoms with Gasteiger partial charge in [0.2, 0.25) is 11.0 Å². The lowest BCUT2D eigenvalue weighted by molar-refractivity contribution is 0.556. The maximum absolute atomic E-state index is 5.68. The van der Waals surface area contributed by atoms with Crippen molar-refractivity contribution in [1.82, 2.24) is 15.2 Å². The molecule has 0 amide bonds. The number of para-hydroxylation sites is 2. The molecular weight excluding hydrogens is 292 g/mol. The number of fused-ring (bicyclic) bond motifs is 1. The normalized spacial score (nSPS) is 14.8. The van der Waals surface area contributed by atoms with Crippen molar-refractivity contribution in [2.45, 2.75) is 29.0 Å². The molecule has 0 radical (unpaired) electrons. The Hall–Kier alpha value is -1.60. The molecule has 3 aromatic rings. The minimum atomic E-state index is 0.609. The number of rotatable bonds is 5. The molecule has 102 valence electrons. The summed E-state index contributed by atoms with van der Waals surface area (Å²) >= 11 is 3.19. The average molecular weight is 304 g/mol. The van der Waals surface area contributed by atoms with Crippen molar-refractivity contribution in [2.75, 3.05) is 5.32 Å². The molecule has 0 spiro atoms. The smallest absolute Gasteiger partial charge is 0.206 e. The highest BCUT2D eigenvalue weighted by molar-refractivity contribution is 8.00. The first-order valence-corrected chi connectivity index (χ1v) is 8.24. The molecule has 0 saturated heterocycles. The maximum Gasteiger partial charge on any atom is 0.206 e. The zero-order valence-electron chi connectivity index (χ0n) is 10.6. The first-order chi connectivity index (χ1) is 9.87. The Kier molecular flexibility index (Phi) is 3.08. The first kappa shape index (κ1) is 12.2. The van der Waals surface area contributed by atoms with Crippen molar-refractivity contribution in [3.63, 3.8) is 0 Å². The molecule has 0 aliphatic heterocycles. The molecule has 5 nitrogen and oxygen atoms in total. The summed E-state index contributed by atoms with van der Waals surface area (Å²) in [5, 5.41) is 12.6. The summed E-state index contributed by atoms with van der Waals surface area (Å²) in [5.74, 6) is 1.40. The number of nitrogens with one attached hydrogen (secondary N) is 1. The summed E-state index contributed by atoms with van der Waals surface area (Å²) in [6.45, 7) is 0. The Labute approximate surface area is 123 Å². The van der Waals surface area contributed by atoms with Crippen LogP contribution >= 0.6 is 23.1 Å². The van der Waals surface area contributed by atoms with E-state index in [-0.39, 0.29) is 0 Å². The first-order valence-electron chi connectivity index (χ1n) is 6.44. The van der Waals surface area contributed by atoms with E-state index in [9.17, 15) is 0 Å². The molecule has 2 heterocycles. The molecule has 0 atom stereocenters. The number of benzene rings is 1. The lowest BCUT2D eigenvalue weighted by atomic mass is 10.3. The maximum atomic E-state index is 5.68. The van der Waals surface area contributed by atoms with Crippen molar-refractivity contribution in [3.8, 4) is 0 Å². The summed E-state index contributed by atoms with van der Waals surface area (Å²) in [5.41, 5.74) is 1.73. The fourth-order valence-corrected chi connectivity index (χ4v) is 3.51. The molecule has 2 aromatic heterocycles. The van der Waals surface area contributed by atoms with Crippen LogP contribution in [0.4, 0.5) is 5.13 Å². The molecule has 1 saturated carbocycles. The van der Waals surface area contributed by atoms with Crippen LogP contribution in [0.15, 0.2) is 33.0 Å². The van der Waals surface area contributed by atoms with Crippen LogP contribution in [-0.4, -0.2) is 21.2 Å². The predicted molar refractivity (Wildman–Crippen MR) is 80.1 cm³/mol. The predicted octanol–water partition coefficient (Wildman–Crippen LogP) is 3.55. The van der Waals surface area contributed by atoms with Crippen LogP contribution < -0.4 is 5.32 Å². The van der Waals surface area contributed by atoms with Gasteiger partial charge in [-0.25, -0.2) is 4.98 Å². The van der Waals surface area contributed by atoms with Gasteiger partial charge in [0.15, 0.2) is 9.92 Å². The Balaban J connectivity index is 1.42. The highest BCUT2D eigenvalue weighted by atomic mass is 32.2. The zero-order valence-corrected chi connectivity index (χ0v) is 12.2. The third-order valence-corrected chi connectivity index (χ3v) is 4.94. The second-order valence-corrected chi connectivity index (χ2v) is 6.86. The second-order valence-electron chi connectivity index (χ2n) is 4.66. The van der Waals surface area contributed by atoms with Crippen LogP contribution in [0.3, 0.4) is 0 Å². The molecule has 20 heavy (non-hydrogen) atoms. The third-order valence-electron chi connectivity index (χ3n) is 2.97. The van der Waals surface area contributed by atoms with Crippen LogP contribution in [0.5, 0.6) is 0 Å². The topological polar surface area (TPSA) is 63.8 Å². The SMILES string of the molecule is c1ccc2oc(CSc3nnc(NC4CC4)s3)nc2c1. The van der Waals surface area contributed by atoms with Gasteiger partial charge in [-0.15, -0.1) is 10.2 Å². The van der Waals surface area contributed by atoms with Crippen LogP contribution in [0.2, 0.25) is 0 Å². The minimum absolute atomic E-state index is 0.609. The van der Waals surface area contributed by atoms with Crippen LogP contribution in [-0.2, 0) is 5.75 Å². The highest BCUT2D eigenvalue weighted by Gasteiger charge is 2.22. The molecule has 4 rings (SSSR count). The van der Waals surface area contributed by atoms with E-state index in [4.69, 9.17) is 4.42 Å². The van der Waals surface area contributed by atoms with Gasteiger partial charge in [0.1, 0.15) is 5.52 Å². The van der Waals surface area contributed by atoms with E-state index in [2.05, 4.69) is 20.5 Å². The van der Waals surface area contributed by atoms with E-state index in [0.29, 0.717) is 11.8 Å². The summed E-state index contributed by atoms with van der Waals surface area (Å²) in [6, 6.07) is 8.40. The molecule has 1 aromatic carbocycles. The molecule has 0 unspecified atom stereocenters. The number of hydrogen-bond donors (Lipinski definition) is 1. The number of oxazole rings is 1. The second kappa shape index (κ2) is 5.06. The fourth-order valence-electron chi connectivity index (χ4n) is 1.83. The van der Waals surface area contributed by atoms with Gasteiger partial charge in [0.05, 0.1) is 5.75 Å². The number of aromatic nitrogens is 3. The summed E-state index contributed by atoms with van der Waals surface area (Å²) in [6.07, 6.45) is 2.48. The van der Waals surface area contributed by atoms with Gasteiger partial charge in [-0.3, -0.25) is 0 Å². The van der Waals surface area contributed by atoms with Gasteiger partial charge in [0, 0.05) is 6.04 Å². The Morgan fingerprint density at radius 3 is 3.05 bits per heavy atom. The molecule has 7 heteroatoms. The van der Waals surface area contributed by atoms with E-state index in [1.807, 2.05) is 24.3 Å². The molecule has 0 bridgehead atoms. The van der Waals surface area contributed by atoms with Gasteiger partial charge in [0.25, 0.3) is 0 Å². The quantitative estimate of drug-likeness (QED) is 0.727. The molecule has 1 aliphatic rings. The lowest BCUT2D eigenvalue weighted by Crippen LogP contribution is -1.99. The van der Waals surface area contributed by atoms with Crippen LogP contribution in [0, 0.1) is 0 Å². The van der Waals surface area contributed by atoms with Gasteiger partial charge >= 0.3 is 0 Å². The summed E-state index contributed by atoms with van der Waals surface area (Å²) in [4.78, 5) is 4.45. The van der Waals surface area contributed by atoms with Gasteiger partial charge in [-0.2, -0.15) is 0 Å². The van der Waals surface area contributed by atoms with E-state index in [1.54, 1.807) is 23.1 Å². The molecule has 1 fully saturated rings. The lowest BCUT2D eigenvalue weighted by Gasteiger charge is -1.94. The number of hydrogen-bond acceptors (Lipinski definition) is 7. The monoisotopic (exact) mass is 304 g/mol. The average Bonchev–Trinajstić information content (AvgIpc) is 3.01. The van der Waals surface area contributed by atoms with E-state index < -0.39 is 0 Å². The van der Waals surface area contributed by atoms with E-state index in [1.165, 1.54) is 12.8 Å². The largest absolute Gasteiger partial charge is 0.440 e. The van der Waals surface area contributed by atoms with Gasteiger partial charge in [-0.1, -0.05) is 35.2 Å². The van der Waals surface area contributed by atoms with Crippen molar-refractivity contribution >= 4 is 39.3 Å². The number of nitrogens with zero attached hydrogens (tertiary/aromatic N) is 3. The van der Waals surface area contributed by atoms with Crippen molar-refractivity contribution < 1.29 is 4.42 Å². The van der Waals surface area contributed by atoms with Crippen LogP contribution in [0.1, 0.15) is 18.7 Å². The number of anilines is 1. The van der Waals surface area contributed by atoms with Crippen molar-refractivity contribution in [3.05, 3.63) is 30.2 Å². The summed E-state index contributed by atoms with van der Waals surface area (Å²) < 4.78 is 6.62. The minimum Gasteiger partial charge on any atom is -0.440 e. The molecule has 1 aliphatic carbocycles. The van der Waals surface area contributed by atoms with Crippen LogP contribution in [0.25, 0.3) is 11.1 Å². The van der Waals surface area contributed by atoms with E-state index in [0.717, 1.165) is 26.5 Å². The van der Waals surface area contributed by atoms with Gasteiger partial charge < -0.3 is 9.73 Å². The standard InChI is InChI=1S/C13H12N4OS2/c1-2-4-10-9(3-1)15-11(18-10)7-19-13-17-16-12(20-13)14-8-5-6-8/h1-4,8H,5-7H2,(H,14,16). The van der Waals surface area contributed by atoms with Crippen molar-refractivity contribution in [1.29, 1.82) is 0 Å². The summed E-state index contributed by atoms with van der Waals surface area (Å²) in [7, 11) is 0. The number of thioether (sulfide) groups is 1. The molecule has 1 N–H and O–H groups in total. The highest BCUT2D eigenvalue weighted by Crippen LogP contribution is 2.31. The third kappa shape index (κ3) is 2.64.